The maximum atomic E-state index is 12.2. The third-order valence-corrected chi connectivity index (χ3v) is 4.63. The minimum Gasteiger partial charge on any atom is -0.355 e. The van der Waals surface area contributed by atoms with Crippen LogP contribution in [0.2, 0.25) is 0 Å². The number of carbonyl (C=O) groups excluding carboxylic acids is 1. The maximum absolute atomic E-state index is 12.2. The average molecular weight is 247 g/mol. The van der Waals surface area contributed by atoms with Crippen LogP contribution in [-0.4, -0.2) is 22.2 Å². The first-order valence-corrected chi connectivity index (χ1v) is 6.97. The fourth-order valence-corrected chi connectivity index (χ4v) is 3.73. The Morgan fingerprint density at radius 3 is 2.83 bits per heavy atom. The van der Waals surface area contributed by atoms with E-state index >= 15 is 0 Å². The summed E-state index contributed by atoms with van der Waals surface area (Å²) in [5.74, 6) is 0.568. The summed E-state index contributed by atoms with van der Waals surface area (Å²) >= 11 is 0. The van der Waals surface area contributed by atoms with Gasteiger partial charge in [-0.25, -0.2) is 0 Å². The van der Waals surface area contributed by atoms with Crippen molar-refractivity contribution in [3.8, 4) is 0 Å². The van der Waals surface area contributed by atoms with E-state index in [2.05, 4.69) is 35.0 Å². The molecule has 1 aliphatic carbocycles. The molecule has 1 aromatic heterocycles. The van der Waals surface area contributed by atoms with Crippen LogP contribution in [0, 0.1) is 5.41 Å². The summed E-state index contributed by atoms with van der Waals surface area (Å²) < 4.78 is 2.07. The third kappa shape index (κ3) is 1.51. The molecule has 3 rings (SSSR count). The Kier molecular flexibility index (Phi) is 2.68. The molecule has 98 valence electrons. The van der Waals surface area contributed by atoms with Gasteiger partial charge in [0.25, 0.3) is 0 Å². The van der Waals surface area contributed by atoms with Crippen LogP contribution in [0.15, 0.2) is 12.3 Å². The number of aromatic nitrogens is 2. The topological polar surface area (TPSA) is 46.9 Å². The normalized spacial score (nSPS) is 26.2. The molecule has 0 unspecified atom stereocenters. The quantitative estimate of drug-likeness (QED) is 0.871. The number of nitrogens with zero attached hydrogens (tertiary/aromatic N) is 2. The van der Waals surface area contributed by atoms with Gasteiger partial charge in [-0.15, -0.1) is 0 Å². The lowest BCUT2D eigenvalue weighted by molar-refractivity contribution is -0.127. The zero-order valence-corrected chi connectivity index (χ0v) is 11.1. The molecule has 1 saturated heterocycles. The minimum absolute atomic E-state index is 0.146. The highest BCUT2D eigenvalue weighted by atomic mass is 16.2. The van der Waals surface area contributed by atoms with Gasteiger partial charge < -0.3 is 5.32 Å². The lowest BCUT2D eigenvalue weighted by Gasteiger charge is -2.28. The number of nitrogens with one attached hydrogen (secondary N) is 1. The van der Waals surface area contributed by atoms with Crippen LogP contribution < -0.4 is 5.32 Å². The maximum Gasteiger partial charge on any atom is 0.226 e. The molecule has 1 spiro atoms. The van der Waals surface area contributed by atoms with Crippen LogP contribution in [0.25, 0.3) is 0 Å². The van der Waals surface area contributed by atoms with E-state index in [1.165, 1.54) is 18.5 Å². The summed E-state index contributed by atoms with van der Waals surface area (Å²) in [7, 11) is 0. The van der Waals surface area contributed by atoms with Crippen LogP contribution in [0.1, 0.15) is 57.2 Å². The number of hydrogen-bond donors (Lipinski definition) is 1. The Morgan fingerprint density at radius 1 is 1.44 bits per heavy atom. The first kappa shape index (κ1) is 11.8. The first-order chi connectivity index (χ1) is 8.65. The smallest absolute Gasteiger partial charge is 0.226 e. The van der Waals surface area contributed by atoms with Gasteiger partial charge in [-0.3, -0.25) is 9.48 Å². The van der Waals surface area contributed by atoms with Gasteiger partial charge in [0, 0.05) is 30.4 Å². The van der Waals surface area contributed by atoms with Crippen LogP contribution in [0.5, 0.6) is 0 Å². The molecule has 0 aromatic carbocycles. The second-order valence-electron chi connectivity index (χ2n) is 5.92. The molecule has 1 amide bonds. The molecule has 2 heterocycles. The largest absolute Gasteiger partial charge is 0.355 e. The summed E-state index contributed by atoms with van der Waals surface area (Å²) in [6.07, 6.45) is 6.29. The Hall–Kier alpha value is -1.32. The highest BCUT2D eigenvalue weighted by molar-refractivity contribution is 5.86. The summed E-state index contributed by atoms with van der Waals surface area (Å²) in [5, 5.41) is 7.49. The molecule has 2 fully saturated rings. The van der Waals surface area contributed by atoms with Gasteiger partial charge in [-0.2, -0.15) is 5.10 Å². The molecular weight excluding hydrogens is 226 g/mol. The highest BCUT2D eigenvalue weighted by Gasteiger charge is 2.53. The fraction of sp³-hybridized carbons (Fsp3) is 0.714. The standard InChI is InChI=1S/C14H21N3O/c1-10(2)17-12(5-8-16-17)11-9-15-13(18)14(11)6-3-4-7-14/h5,8,10-11H,3-4,6-7,9H2,1-2H3,(H,15,18)/t11-/m0/s1. The van der Waals surface area contributed by atoms with E-state index < -0.39 is 0 Å². The molecule has 1 aliphatic heterocycles. The van der Waals surface area contributed by atoms with Gasteiger partial charge in [-0.1, -0.05) is 12.8 Å². The molecule has 4 nitrogen and oxygen atoms in total. The van der Waals surface area contributed by atoms with Crippen LogP contribution in [0.4, 0.5) is 0 Å². The van der Waals surface area contributed by atoms with E-state index in [0.29, 0.717) is 12.0 Å². The molecular formula is C14H21N3O. The molecule has 1 N–H and O–H groups in total. The van der Waals surface area contributed by atoms with Crippen molar-refractivity contribution in [2.75, 3.05) is 6.54 Å². The van der Waals surface area contributed by atoms with Crippen molar-refractivity contribution in [2.24, 2.45) is 5.41 Å². The summed E-state index contributed by atoms with van der Waals surface area (Å²) in [6.45, 7) is 5.06. The summed E-state index contributed by atoms with van der Waals surface area (Å²) in [5.41, 5.74) is 1.08. The minimum atomic E-state index is -0.146. The van der Waals surface area contributed by atoms with Crippen molar-refractivity contribution < 1.29 is 4.79 Å². The van der Waals surface area contributed by atoms with E-state index in [-0.39, 0.29) is 11.3 Å². The number of carbonyl (C=O) groups is 1. The van der Waals surface area contributed by atoms with E-state index in [1.807, 2.05) is 6.20 Å². The third-order valence-electron chi connectivity index (χ3n) is 4.63. The molecule has 0 radical (unpaired) electrons. The SMILES string of the molecule is CC(C)n1nccc1[C@@H]1CNC(=O)C12CCCC2. The molecule has 4 heteroatoms. The van der Waals surface area contributed by atoms with Crippen molar-refractivity contribution >= 4 is 5.91 Å². The zero-order valence-electron chi connectivity index (χ0n) is 11.1. The first-order valence-electron chi connectivity index (χ1n) is 6.97. The van der Waals surface area contributed by atoms with E-state index in [0.717, 1.165) is 19.4 Å². The van der Waals surface area contributed by atoms with E-state index in [4.69, 9.17) is 0 Å². The summed E-state index contributed by atoms with van der Waals surface area (Å²) in [4.78, 5) is 12.2. The van der Waals surface area contributed by atoms with Crippen LogP contribution in [-0.2, 0) is 4.79 Å². The molecule has 0 bridgehead atoms. The van der Waals surface area contributed by atoms with Gasteiger partial charge in [-0.05, 0) is 32.8 Å². The van der Waals surface area contributed by atoms with Crippen molar-refractivity contribution in [2.45, 2.75) is 51.5 Å². The van der Waals surface area contributed by atoms with Crippen molar-refractivity contribution in [1.82, 2.24) is 15.1 Å². The molecule has 1 saturated carbocycles. The van der Waals surface area contributed by atoms with Gasteiger partial charge in [0.2, 0.25) is 5.91 Å². The molecule has 1 aromatic rings. The average Bonchev–Trinajstić information content (AvgIpc) is 3.03. The molecule has 1 atom stereocenters. The van der Waals surface area contributed by atoms with Gasteiger partial charge in [0.15, 0.2) is 0 Å². The Balaban J connectivity index is 2.00. The predicted octanol–water partition coefficient (Wildman–Crippen LogP) is 2.24. The summed E-state index contributed by atoms with van der Waals surface area (Å²) in [6, 6.07) is 2.44. The van der Waals surface area contributed by atoms with Gasteiger partial charge >= 0.3 is 0 Å². The Bertz CT molecular complexity index is 457. The van der Waals surface area contributed by atoms with Crippen molar-refractivity contribution in [3.05, 3.63) is 18.0 Å². The monoisotopic (exact) mass is 247 g/mol. The predicted molar refractivity (Wildman–Crippen MR) is 69.3 cm³/mol. The van der Waals surface area contributed by atoms with Crippen LogP contribution in [0.3, 0.4) is 0 Å². The number of rotatable bonds is 2. The fourth-order valence-electron chi connectivity index (χ4n) is 3.73. The van der Waals surface area contributed by atoms with Crippen molar-refractivity contribution in [1.29, 1.82) is 0 Å². The lowest BCUT2D eigenvalue weighted by atomic mass is 9.74. The number of amides is 1. The zero-order chi connectivity index (χ0) is 12.8. The second-order valence-corrected chi connectivity index (χ2v) is 5.92. The lowest BCUT2D eigenvalue weighted by Crippen LogP contribution is -2.32. The van der Waals surface area contributed by atoms with Gasteiger partial charge in [0.1, 0.15) is 0 Å². The Labute approximate surface area is 108 Å². The van der Waals surface area contributed by atoms with Crippen molar-refractivity contribution in [3.63, 3.8) is 0 Å². The molecule has 18 heavy (non-hydrogen) atoms. The molecule has 2 aliphatic rings. The Morgan fingerprint density at radius 2 is 2.17 bits per heavy atom. The van der Waals surface area contributed by atoms with E-state index in [1.54, 1.807) is 0 Å². The number of hydrogen-bond acceptors (Lipinski definition) is 2. The highest BCUT2D eigenvalue weighted by Crippen LogP contribution is 2.51. The van der Waals surface area contributed by atoms with Gasteiger partial charge in [0.05, 0.1) is 5.41 Å². The van der Waals surface area contributed by atoms with E-state index in [9.17, 15) is 4.79 Å². The van der Waals surface area contributed by atoms with Crippen LogP contribution >= 0.6 is 0 Å². The second kappa shape index (κ2) is 4.11.